The highest BCUT2D eigenvalue weighted by molar-refractivity contribution is 7.91. The van der Waals surface area contributed by atoms with Crippen molar-refractivity contribution in [1.29, 1.82) is 0 Å². The molecule has 2 heterocycles. The predicted molar refractivity (Wildman–Crippen MR) is 122 cm³/mol. The molecule has 0 aliphatic rings. The zero-order chi connectivity index (χ0) is 23.4. The number of nitrogens with two attached hydrogens (primary N) is 1. The smallest absolute Gasteiger partial charge is 0.261 e. The van der Waals surface area contributed by atoms with E-state index in [1.54, 1.807) is 25.3 Å². The maximum Gasteiger partial charge on any atom is 0.261 e. The number of benzene rings is 1. The number of pyridine rings is 1. The minimum atomic E-state index is -3.89. The minimum Gasteiger partial charge on any atom is -0.412 e. The number of aryl methyl sites for hydroxylation is 1. The number of hydrogen-bond donors (Lipinski definition) is 2. The molecule has 14 heteroatoms. The van der Waals surface area contributed by atoms with Crippen LogP contribution in [0.1, 0.15) is 12.6 Å². The maximum atomic E-state index is 12.2. The molecule has 3 rings (SSSR count). The van der Waals surface area contributed by atoms with Gasteiger partial charge in [0.2, 0.25) is 15.9 Å². The quantitative estimate of drug-likeness (QED) is 0.501. The van der Waals surface area contributed by atoms with Crippen molar-refractivity contribution in [3.63, 3.8) is 0 Å². The standard InChI is InChI=1S/C17H16N4O3S2.CH4O3S.H2O/c1-11-16(26(18,23)24)25-17(20-11)21(12(2)22)14-8-6-13(7-9-14)15-5-3-4-10-19-15;1-5(2,3)4;/h3-10H,1-2H3,(H2,18,23,24);1H3,(H,2,3,4);1H2. The highest BCUT2D eigenvalue weighted by Crippen LogP contribution is 2.34. The first-order valence-electron chi connectivity index (χ1n) is 8.52. The second kappa shape index (κ2) is 10.7. The zero-order valence-electron chi connectivity index (χ0n) is 17.3. The molecule has 5 N–H and O–H groups in total. The number of carbonyl (C=O) groups excluding carboxylic acids is 1. The van der Waals surface area contributed by atoms with E-state index in [1.807, 2.05) is 30.3 Å². The fourth-order valence-electron chi connectivity index (χ4n) is 2.47. The Morgan fingerprint density at radius 2 is 1.66 bits per heavy atom. The van der Waals surface area contributed by atoms with Crippen LogP contribution >= 0.6 is 11.3 Å². The van der Waals surface area contributed by atoms with Gasteiger partial charge in [-0.1, -0.05) is 29.5 Å². The van der Waals surface area contributed by atoms with E-state index in [0.717, 1.165) is 22.6 Å². The summed E-state index contributed by atoms with van der Waals surface area (Å²) >= 11 is 0.867. The molecule has 2 aromatic heterocycles. The highest BCUT2D eigenvalue weighted by Gasteiger charge is 2.24. The first-order chi connectivity index (χ1) is 14.3. The van der Waals surface area contributed by atoms with Crippen molar-refractivity contribution in [2.24, 2.45) is 5.14 Å². The van der Waals surface area contributed by atoms with Crippen LogP contribution in [0.3, 0.4) is 0 Å². The Labute approximate surface area is 189 Å². The SMILES string of the molecule is CC(=O)N(c1ccc(-c2ccccn2)cc1)c1nc(C)c(S(N)(=O)=O)s1.CS(=O)(=O)O.O. The molecule has 174 valence electrons. The molecule has 0 bridgehead atoms. The van der Waals surface area contributed by atoms with Crippen LogP contribution in [0.2, 0.25) is 0 Å². The summed E-state index contributed by atoms with van der Waals surface area (Å²) in [5.74, 6) is -0.287. The summed E-state index contributed by atoms with van der Waals surface area (Å²) in [7, 11) is -7.55. The van der Waals surface area contributed by atoms with E-state index < -0.39 is 20.1 Å². The fraction of sp³-hybridized carbons (Fsp3) is 0.167. The van der Waals surface area contributed by atoms with E-state index in [2.05, 4.69) is 9.97 Å². The second-order valence-corrected chi connectivity index (χ2v) is 10.5. The Hall–Kier alpha value is -2.75. The fourth-order valence-corrected chi connectivity index (χ4v) is 4.48. The average Bonchev–Trinajstić information content (AvgIpc) is 3.03. The third kappa shape index (κ3) is 7.74. The number of amides is 1. The molecule has 0 unspecified atom stereocenters. The number of sulfonamides is 1. The van der Waals surface area contributed by atoms with Gasteiger partial charge in [-0.2, -0.15) is 8.42 Å². The monoisotopic (exact) mass is 502 g/mol. The molecule has 0 atom stereocenters. The summed E-state index contributed by atoms with van der Waals surface area (Å²) in [5, 5.41) is 5.46. The number of hydrogen-bond acceptors (Lipinski definition) is 8. The lowest BCUT2D eigenvalue weighted by molar-refractivity contribution is -0.115. The number of aromatic nitrogens is 2. The van der Waals surface area contributed by atoms with Gasteiger partial charge in [-0.15, -0.1) is 0 Å². The average molecular weight is 503 g/mol. The van der Waals surface area contributed by atoms with Gasteiger partial charge in [0.15, 0.2) is 9.34 Å². The summed E-state index contributed by atoms with van der Waals surface area (Å²) < 4.78 is 49.1. The van der Waals surface area contributed by atoms with Crippen LogP contribution in [0, 0.1) is 6.92 Å². The normalized spacial score (nSPS) is 11.0. The first kappa shape index (κ1) is 27.3. The van der Waals surface area contributed by atoms with Gasteiger partial charge in [0.1, 0.15) is 0 Å². The largest absolute Gasteiger partial charge is 0.412 e. The van der Waals surface area contributed by atoms with Crippen molar-refractivity contribution in [3.05, 3.63) is 54.4 Å². The number of primary sulfonamides is 1. The third-order valence-electron chi connectivity index (χ3n) is 3.59. The zero-order valence-corrected chi connectivity index (χ0v) is 19.7. The number of thiazole rings is 1. The molecule has 0 radical (unpaired) electrons. The molecule has 11 nitrogen and oxygen atoms in total. The Morgan fingerprint density at radius 1 is 1.09 bits per heavy atom. The van der Waals surface area contributed by atoms with Crippen LogP contribution in [-0.2, 0) is 24.9 Å². The molecule has 1 aromatic carbocycles. The van der Waals surface area contributed by atoms with Gasteiger partial charge in [-0.25, -0.2) is 18.5 Å². The Balaban J connectivity index is 0.000000770. The summed E-state index contributed by atoms with van der Waals surface area (Å²) in [5.41, 5.74) is 2.56. The van der Waals surface area contributed by atoms with E-state index in [-0.39, 0.29) is 26.4 Å². The Bertz CT molecular complexity index is 1270. The minimum absolute atomic E-state index is 0. The molecule has 32 heavy (non-hydrogen) atoms. The first-order valence-corrected chi connectivity index (χ1v) is 12.7. The summed E-state index contributed by atoms with van der Waals surface area (Å²) in [6.07, 6.45) is 2.42. The Kier molecular flexibility index (Phi) is 9.13. The summed E-state index contributed by atoms with van der Waals surface area (Å²) in [6.45, 7) is 2.93. The van der Waals surface area contributed by atoms with E-state index >= 15 is 0 Å². The van der Waals surface area contributed by atoms with E-state index in [1.165, 1.54) is 11.8 Å². The van der Waals surface area contributed by atoms with Crippen molar-refractivity contribution in [1.82, 2.24) is 9.97 Å². The van der Waals surface area contributed by atoms with Crippen molar-refractivity contribution >= 4 is 48.2 Å². The third-order valence-corrected chi connectivity index (χ3v) is 6.29. The molecular weight excluding hydrogens is 480 g/mol. The lowest BCUT2D eigenvalue weighted by Gasteiger charge is -2.18. The molecule has 0 saturated carbocycles. The van der Waals surface area contributed by atoms with Crippen molar-refractivity contribution < 1.29 is 31.7 Å². The van der Waals surface area contributed by atoms with E-state index in [4.69, 9.17) is 9.69 Å². The number of carbonyl (C=O) groups is 1. The van der Waals surface area contributed by atoms with Crippen LogP contribution in [0.15, 0.2) is 52.9 Å². The molecule has 3 aromatic rings. The van der Waals surface area contributed by atoms with Crippen molar-refractivity contribution in [3.8, 4) is 11.3 Å². The molecule has 0 fully saturated rings. The molecular formula is C18H22N4O7S3. The van der Waals surface area contributed by atoms with Gasteiger partial charge in [0, 0.05) is 18.7 Å². The number of anilines is 2. The highest BCUT2D eigenvalue weighted by atomic mass is 32.2. The number of rotatable bonds is 4. The van der Waals surface area contributed by atoms with E-state index in [9.17, 15) is 21.6 Å². The van der Waals surface area contributed by atoms with Crippen LogP contribution in [0.4, 0.5) is 10.8 Å². The van der Waals surface area contributed by atoms with Gasteiger partial charge in [0.25, 0.3) is 10.1 Å². The summed E-state index contributed by atoms with van der Waals surface area (Å²) in [6, 6.07) is 12.8. The second-order valence-electron chi connectivity index (χ2n) is 6.26. The molecule has 0 aliphatic heterocycles. The number of nitrogens with zero attached hydrogens (tertiary/aromatic N) is 3. The van der Waals surface area contributed by atoms with Crippen LogP contribution < -0.4 is 10.0 Å². The predicted octanol–water partition coefficient (Wildman–Crippen LogP) is 1.52. The van der Waals surface area contributed by atoms with Gasteiger partial charge in [0.05, 0.1) is 23.3 Å². The Morgan fingerprint density at radius 3 is 2.06 bits per heavy atom. The van der Waals surface area contributed by atoms with Crippen LogP contribution in [0.5, 0.6) is 0 Å². The lowest BCUT2D eigenvalue weighted by Crippen LogP contribution is -2.22. The topological polar surface area (TPSA) is 192 Å². The van der Waals surface area contributed by atoms with Gasteiger partial charge < -0.3 is 5.48 Å². The van der Waals surface area contributed by atoms with Gasteiger partial charge >= 0.3 is 0 Å². The summed E-state index contributed by atoms with van der Waals surface area (Å²) in [4.78, 5) is 22.0. The van der Waals surface area contributed by atoms with Gasteiger partial charge in [-0.05, 0) is 31.2 Å². The van der Waals surface area contributed by atoms with Crippen LogP contribution in [-0.4, -0.2) is 49.0 Å². The van der Waals surface area contributed by atoms with Crippen molar-refractivity contribution in [2.75, 3.05) is 11.2 Å². The molecule has 0 aliphatic carbocycles. The maximum absolute atomic E-state index is 12.2. The van der Waals surface area contributed by atoms with Gasteiger partial charge in [-0.3, -0.25) is 19.2 Å². The van der Waals surface area contributed by atoms with Crippen LogP contribution in [0.25, 0.3) is 11.3 Å². The molecule has 0 spiro atoms. The molecule has 1 amide bonds. The van der Waals surface area contributed by atoms with E-state index in [0.29, 0.717) is 11.9 Å². The molecule has 0 saturated heterocycles. The lowest BCUT2D eigenvalue weighted by atomic mass is 10.1. The van der Waals surface area contributed by atoms with Crippen molar-refractivity contribution in [2.45, 2.75) is 18.1 Å².